The molecule has 1 aliphatic rings. The first-order valence-electron chi connectivity index (χ1n) is 11.4. The number of hydrogen-bond donors (Lipinski definition) is 1. The average Bonchev–Trinajstić information content (AvgIpc) is 3.32. The highest BCUT2D eigenvalue weighted by Crippen LogP contribution is 2.18. The van der Waals surface area contributed by atoms with Gasteiger partial charge in [0, 0.05) is 56.8 Å². The van der Waals surface area contributed by atoms with Crippen LogP contribution in [0.25, 0.3) is 11.5 Å². The molecular weight excluding hydrogens is 402 g/mol. The van der Waals surface area contributed by atoms with Crippen LogP contribution in [0.15, 0.2) is 65.1 Å². The molecule has 0 bridgehead atoms. The van der Waals surface area contributed by atoms with Crippen molar-refractivity contribution in [3.8, 4) is 11.5 Å². The standard InChI is InChI=1S/C25H31N5O2/c31-23(13-7-14-24-27-28-25(32-24)21-9-3-1-4-10-21)26-15-8-16-29-17-19-30(20-18-29)22-11-5-2-6-12-22/h1-6,9-12H,7-8,13-20H2,(H,26,31). The van der Waals surface area contributed by atoms with Crippen LogP contribution in [0.4, 0.5) is 5.69 Å². The zero-order valence-corrected chi connectivity index (χ0v) is 18.4. The number of rotatable bonds is 10. The van der Waals surface area contributed by atoms with Crippen molar-refractivity contribution >= 4 is 11.6 Å². The second-order valence-electron chi connectivity index (χ2n) is 8.09. The fraction of sp³-hybridized carbons (Fsp3) is 0.400. The number of amides is 1. The summed E-state index contributed by atoms with van der Waals surface area (Å²) in [6.45, 7) is 5.98. The normalized spacial score (nSPS) is 14.4. The molecular formula is C25H31N5O2. The number of hydrogen-bond acceptors (Lipinski definition) is 6. The molecule has 0 unspecified atom stereocenters. The summed E-state index contributed by atoms with van der Waals surface area (Å²) < 4.78 is 5.69. The van der Waals surface area contributed by atoms with Crippen molar-refractivity contribution in [1.29, 1.82) is 0 Å². The second-order valence-corrected chi connectivity index (χ2v) is 8.09. The Morgan fingerprint density at radius 2 is 1.62 bits per heavy atom. The van der Waals surface area contributed by atoms with E-state index in [1.807, 2.05) is 30.3 Å². The largest absolute Gasteiger partial charge is 0.421 e. The zero-order valence-electron chi connectivity index (χ0n) is 18.4. The molecule has 1 N–H and O–H groups in total. The van der Waals surface area contributed by atoms with Gasteiger partial charge in [-0.05, 0) is 43.7 Å². The Hall–Kier alpha value is -3.19. The van der Waals surface area contributed by atoms with Crippen molar-refractivity contribution in [3.63, 3.8) is 0 Å². The van der Waals surface area contributed by atoms with Gasteiger partial charge in [-0.15, -0.1) is 10.2 Å². The molecule has 2 heterocycles. The molecule has 1 saturated heterocycles. The summed E-state index contributed by atoms with van der Waals surface area (Å²) in [6.07, 6.45) is 2.75. The molecule has 1 aromatic heterocycles. The molecule has 1 fully saturated rings. The Balaban J connectivity index is 1.06. The molecule has 0 atom stereocenters. The lowest BCUT2D eigenvalue weighted by molar-refractivity contribution is -0.121. The lowest BCUT2D eigenvalue weighted by Crippen LogP contribution is -2.47. The van der Waals surface area contributed by atoms with E-state index in [0.717, 1.165) is 51.3 Å². The number of anilines is 1. The first-order valence-corrected chi connectivity index (χ1v) is 11.4. The van der Waals surface area contributed by atoms with Crippen molar-refractivity contribution in [2.75, 3.05) is 44.2 Å². The Morgan fingerprint density at radius 3 is 2.38 bits per heavy atom. The summed E-state index contributed by atoms with van der Waals surface area (Å²) >= 11 is 0. The van der Waals surface area contributed by atoms with E-state index in [2.05, 4.69) is 55.6 Å². The smallest absolute Gasteiger partial charge is 0.247 e. The zero-order chi connectivity index (χ0) is 22.0. The Kier molecular flexibility index (Phi) is 7.87. The summed E-state index contributed by atoms with van der Waals surface area (Å²) in [7, 11) is 0. The van der Waals surface area contributed by atoms with Crippen LogP contribution in [0.5, 0.6) is 0 Å². The molecule has 32 heavy (non-hydrogen) atoms. The topological polar surface area (TPSA) is 74.5 Å². The highest BCUT2D eigenvalue weighted by Gasteiger charge is 2.16. The number of piperazine rings is 1. The third-order valence-corrected chi connectivity index (χ3v) is 5.75. The quantitative estimate of drug-likeness (QED) is 0.494. The van der Waals surface area contributed by atoms with Crippen molar-refractivity contribution in [2.45, 2.75) is 25.7 Å². The van der Waals surface area contributed by atoms with Gasteiger partial charge in [-0.2, -0.15) is 0 Å². The number of carbonyl (C=O) groups excluding carboxylic acids is 1. The molecule has 0 radical (unpaired) electrons. The molecule has 2 aromatic carbocycles. The third kappa shape index (κ3) is 6.40. The maximum Gasteiger partial charge on any atom is 0.247 e. The maximum absolute atomic E-state index is 12.1. The summed E-state index contributed by atoms with van der Waals surface area (Å²) in [4.78, 5) is 17.0. The van der Waals surface area contributed by atoms with Gasteiger partial charge in [-0.3, -0.25) is 9.69 Å². The number of nitrogens with one attached hydrogen (secondary N) is 1. The first kappa shape index (κ1) is 22.0. The van der Waals surface area contributed by atoms with Crippen molar-refractivity contribution in [3.05, 3.63) is 66.6 Å². The van der Waals surface area contributed by atoms with Crippen LogP contribution in [0.1, 0.15) is 25.2 Å². The molecule has 0 saturated carbocycles. The predicted molar refractivity (Wildman–Crippen MR) is 125 cm³/mol. The molecule has 0 spiro atoms. The third-order valence-electron chi connectivity index (χ3n) is 5.75. The Labute approximate surface area is 189 Å². The van der Waals surface area contributed by atoms with Crippen molar-refractivity contribution < 1.29 is 9.21 Å². The molecule has 168 valence electrons. The van der Waals surface area contributed by atoms with Gasteiger partial charge < -0.3 is 14.6 Å². The van der Waals surface area contributed by atoms with Crippen LogP contribution in [0.2, 0.25) is 0 Å². The Morgan fingerprint density at radius 1 is 0.906 bits per heavy atom. The predicted octanol–water partition coefficient (Wildman–Crippen LogP) is 3.39. The van der Waals surface area contributed by atoms with Crippen molar-refractivity contribution in [2.24, 2.45) is 0 Å². The minimum Gasteiger partial charge on any atom is -0.421 e. The molecule has 4 rings (SSSR count). The van der Waals surface area contributed by atoms with Crippen LogP contribution in [0.3, 0.4) is 0 Å². The number of benzene rings is 2. The fourth-order valence-electron chi connectivity index (χ4n) is 3.94. The van der Waals surface area contributed by atoms with Crippen LogP contribution in [-0.4, -0.2) is 60.3 Å². The number of carbonyl (C=O) groups is 1. The van der Waals surface area contributed by atoms with E-state index in [-0.39, 0.29) is 5.91 Å². The summed E-state index contributed by atoms with van der Waals surface area (Å²) in [6, 6.07) is 20.3. The molecule has 3 aromatic rings. The van der Waals surface area contributed by atoms with Crippen LogP contribution in [-0.2, 0) is 11.2 Å². The van der Waals surface area contributed by atoms with Gasteiger partial charge in [0.05, 0.1) is 0 Å². The Bertz CT molecular complexity index is 953. The highest BCUT2D eigenvalue weighted by atomic mass is 16.4. The minimum atomic E-state index is 0.0849. The molecule has 7 nitrogen and oxygen atoms in total. The average molecular weight is 434 g/mol. The first-order chi connectivity index (χ1) is 15.8. The van der Waals surface area contributed by atoms with E-state index in [1.165, 1.54) is 5.69 Å². The van der Waals surface area contributed by atoms with Gasteiger partial charge in [0.25, 0.3) is 0 Å². The molecule has 1 aliphatic heterocycles. The highest BCUT2D eigenvalue weighted by molar-refractivity contribution is 5.75. The van der Waals surface area contributed by atoms with Gasteiger partial charge in [0.2, 0.25) is 17.7 Å². The van der Waals surface area contributed by atoms with Gasteiger partial charge in [-0.1, -0.05) is 36.4 Å². The van der Waals surface area contributed by atoms with Crippen LogP contribution in [0, 0.1) is 0 Å². The SMILES string of the molecule is O=C(CCCc1nnc(-c2ccccc2)o1)NCCCN1CCN(c2ccccc2)CC1. The van der Waals surface area contributed by atoms with Crippen LogP contribution < -0.4 is 10.2 Å². The number of para-hydroxylation sites is 1. The van der Waals surface area contributed by atoms with Crippen molar-refractivity contribution in [1.82, 2.24) is 20.4 Å². The number of aromatic nitrogens is 2. The second kappa shape index (κ2) is 11.4. The van der Waals surface area contributed by atoms with E-state index in [0.29, 0.717) is 31.0 Å². The summed E-state index contributed by atoms with van der Waals surface area (Å²) in [5.41, 5.74) is 2.21. The summed E-state index contributed by atoms with van der Waals surface area (Å²) in [5.74, 6) is 1.18. The lowest BCUT2D eigenvalue weighted by atomic mass is 10.2. The van der Waals surface area contributed by atoms with Gasteiger partial charge in [-0.25, -0.2) is 0 Å². The van der Waals surface area contributed by atoms with Crippen LogP contribution >= 0.6 is 0 Å². The minimum absolute atomic E-state index is 0.0849. The van der Waals surface area contributed by atoms with E-state index < -0.39 is 0 Å². The number of aryl methyl sites for hydroxylation is 1. The van der Waals surface area contributed by atoms with E-state index >= 15 is 0 Å². The van der Waals surface area contributed by atoms with E-state index in [9.17, 15) is 4.79 Å². The van der Waals surface area contributed by atoms with Gasteiger partial charge in [0.15, 0.2) is 0 Å². The molecule has 7 heteroatoms. The maximum atomic E-state index is 12.1. The number of nitrogens with zero attached hydrogens (tertiary/aromatic N) is 4. The monoisotopic (exact) mass is 433 g/mol. The van der Waals surface area contributed by atoms with E-state index in [4.69, 9.17) is 4.42 Å². The van der Waals surface area contributed by atoms with Gasteiger partial charge in [0.1, 0.15) is 0 Å². The van der Waals surface area contributed by atoms with E-state index in [1.54, 1.807) is 0 Å². The summed E-state index contributed by atoms with van der Waals surface area (Å²) in [5, 5.41) is 11.2. The molecule has 1 amide bonds. The van der Waals surface area contributed by atoms with Gasteiger partial charge >= 0.3 is 0 Å². The lowest BCUT2D eigenvalue weighted by Gasteiger charge is -2.36. The fourth-order valence-corrected chi connectivity index (χ4v) is 3.94. The molecule has 0 aliphatic carbocycles.